The van der Waals surface area contributed by atoms with Crippen LogP contribution in [0.4, 0.5) is 5.82 Å². The molecule has 2 aliphatic heterocycles. The molecule has 2 aromatic rings. The normalized spacial score (nSPS) is 21.5. The van der Waals surface area contributed by atoms with E-state index in [-0.39, 0.29) is 23.6 Å². The Morgan fingerprint density at radius 3 is 2.97 bits per heavy atom. The van der Waals surface area contributed by atoms with Gasteiger partial charge in [-0.25, -0.2) is 4.98 Å². The van der Waals surface area contributed by atoms with Crippen LogP contribution in [0.25, 0.3) is 11.7 Å². The predicted octanol–water partition coefficient (Wildman–Crippen LogP) is 3.59. The topological polar surface area (TPSA) is 75.9 Å². The number of aryl methyl sites for hydroxylation is 1. The van der Waals surface area contributed by atoms with Crippen molar-refractivity contribution in [2.45, 2.75) is 52.2 Å². The van der Waals surface area contributed by atoms with Gasteiger partial charge in [-0.05, 0) is 50.8 Å². The number of thioether (sulfide) groups is 1. The minimum atomic E-state index is -0.225. The van der Waals surface area contributed by atoms with Gasteiger partial charge < -0.3 is 10.1 Å². The van der Waals surface area contributed by atoms with Gasteiger partial charge in [0.15, 0.2) is 0 Å². The number of nitrogens with one attached hydrogen (secondary N) is 1. The number of rotatable bonds is 6. The molecule has 31 heavy (non-hydrogen) atoms. The van der Waals surface area contributed by atoms with Gasteiger partial charge in [-0.15, -0.1) is 0 Å². The molecule has 1 N–H and O–H groups in total. The van der Waals surface area contributed by atoms with Gasteiger partial charge in [-0.2, -0.15) is 0 Å². The molecule has 0 aliphatic carbocycles. The van der Waals surface area contributed by atoms with Crippen LogP contribution >= 0.6 is 24.0 Å². The van der Waals surface area contributed by atoms with Crippen LogP contribution in [0.1, 0.15) is 44.2 Å². The number of pyridine rings is 1. The van der Waals surface area contributed by atoms with E-state index in [1.54, 1.807) is 17.2 Å². The van der Waals surface area contributed by atoms with Crippen LogP contribution in [-0.4, -0.2) is 49.8 Å². The fourth-order valence-corrected chi connectivity index (χ4v) is 5.21. The number of ether oxygens (including phenoxy) is 1. The summed E-state index contributed by atoms with van der Waals surface area (Å²) in [5.74, 6) is 0.298. The van der Waals surface area contributed by atoms with Crippen LogP contribution in [0, 0.1) is 6.92 Å². The summed E-state index contributed by atoms with van der Waals surface area (Å²) in [6.07, 6.45) is 6.22. The van der Waals surface area contributed by atoms with Crippen molar-refractivity contribution in [2.24, 2.45) is 0 Å². The van der Waals surface area contributed by atoms with Gasteiger partial charge in [-0.3, -0.25) is 18.9 Å². The maximum Gasteiger partial charge on any atom is 0.267 e. The maximum absolute atomic E-state index is 13.4. The van der Waals surface area contributed by atoms with E-state index >= 15 is 0 Å². The summed E-state index contributed by atoms with van der Waals surface area (Å²) >= 11 is 6.66. The Bertz CT molecular complexity index is 1120. The van der Waals surface area contributed by atoms with E-state index in [0.29, 0.717) is 32.8 Å². The lowest BCUT2D eigenvalue weighted by molar-refractivity contribution is -0.123. The number of hydrogen-bond acceptors (Lipinski definition) is 7. The SMILES string of the molecule is CC[C@@H](C)N1C(=O)/C(=C\c2c(NC[C@H]3CCCO3)nc3c(C)cccn3c2=O)SC1=S. The van der Waals surface area contributed by atoms with Crippen molar-refractivity contribution in [3.63, 3.8) is 0 Å². The summed E-state index contributed by atoms with van der Waals surface area (Å²) in [5.41, 5.74) is 1.61. The fraction of sp³-hybridized carbons (Fsp3) is 0.455. The molecular formula is C22H26N4O3S2. The van der Waals surface area contributed by atoms with E-state index in [9.17, 15) is 9.59 Å². The van der Waals surface area contributed by atoms with Crippen LogP contribution in [0.5, 0.6) is 0 Å². The fourth-order valence-electron chi connectivity index (χ4n) is 3.77. The number of thiocarbonyl (C=S) groups is 1. The Kier molecular flexibility index (Phi) is 6.45. The Morgan fingerprint density at radius 2 is 2.26 bits per heavy atom. The molecule has 0 unspecified atom stereocenters. The van der Waals surface area contributed by atoms with Crippen molar-refractivity contribution in [3.8, 4) is 0 Å². The van der Waals surface area contributed by atoms with Crippen molar-refractivity contribution in [1.82, 2.24) is 14.3 Å². The van der Waals surface area contributed by atoms with E-state index in [4.69, 9.17) is 21.9 Å². The molecule has 1 amide bonds. The zero-order chi connectivity index (χ0) is 22.1. The molecule has 164 valence electrons. The molecule has 0 spiro atoms. The molecular weight excluding hydrogens is 432 g/mol. The second-order valence-corrected chi connectivity index (χ2v) is 9.56. The Balaban J connectivity index is 1.78. The molecule has 4 rings (SSSR count). The molecule has 0 bridgehead atoms. The van der Waals surface area contributed by atoms with Gasteiger partial charge in [0, 0.05) is 25.4 Å². The third-order valence-electron chi connectivity index (χ3n) is 5.74. The number of aromatic nitrogens is 2. The molecule has 2 fully saturated rings. The summed E-state index contributed by atoms with van der Waals surface area (Å²) in [6.45, 7) is 7.22. The van der Waals surface area contributed by atoms with E-state index in [2.05, 4.69) is 5.32 Å². The highest BCUT2D eigenvalue weighted by atomic mass is 32.2. The molecule has 7 nitrogen and oxygen atoms in total. The van der Waals surface area contributed by atoms with Crippen molar-refractivity contribution in [2.75, 3.05) is 18.5 Å². The second kappa shape index (κ2) is 9.10. The number of carbonyl (C=O) groups is 1. The minimum absolute atomic E-state index is 0.00832. The Morgan fingerprint density at radius 1 is 1.45 bits per heavy atom. The summed E-state index contributed by atoms with van der Waals surface area (Å²) < 4.78 is 7.74. The van der Waals surface area contributed by atoms with Gasteiger partial charge in [0.05, 0.1) is 16.6 Å². The molecule has 2 saturated heterocycles. The third kappa shape index (κ3) is 4.26. The number of anilines is 1. The zero-order valence-corrected chi connectivity index (χ0v) is 19.5. The average Bonchev–Trinajstić information content (AvgIpc) is 3.37. The first kappa shape index (κ1) is 22.0. The first-order valence-electron chi connectivity index (χ1n) is 10.5. The van der Waals surface area contributed by atoms with Crippen molar-refractivity contribution >= 4 is 51.7 Å². The van der Waals surface area contributed by atoms with Crippen molar-refractivity contribution in [1.29, 1.82) is 0 Å². The van der Waals surface area contributed by atoms with Crippen molar-refractivity contribution in [3.05, 3.63) is 44.7 Å². The van der Waals surface area contributed by atoms with E-state index in [0.717, 1.165) is 31.4 Å². The highest BCUT2D eigenvalue weighted by Crippen LogP contribution is 2.35. The molecule has 2 atom stereocenters. The average molecular weight is 459 g/mol. The summed E-state index contributed by atoms with van der Waals surface area (Å²) in [7, 11) is 0. The first-order chi connectivity index (χ1) is 14.9. The first-order valence-corrected chi connectivity index (χ1v) is 11.8. The summed E-state index contributed by atoms with van der Waals surface area (Å²) in [5, 5.41) is 3.30. The molecule has 2 aromatic heterocycles. The lowest BCUT2D eigenvalue weighted by Gasteiger charge is -2.21. The number of fused-ring (bicyclic) bond motifs is 1. The molecule has 0 aromatic carbocycles. The van der Waals surface area contributed by atoms with Gasteiger partial charge in [0.2, 0.25) is 0 Å². The van der Waals surface area contributed by atoms with E-state index in [1.165, 1.54) is 16.2 Å². The maximum atomic E-state index is 13.4. The van der Waals surface area contributed by atoms with E-state index < -0.39 is 0 Å². The third-order valence-corrected chi connectivity index (χ3v) is 7.07. The van der Waals surface area contributed by atoms with Crippen molar-refractivity contribution < 1.29 is 9.53 Å². The second-order valence-electron chi connectivity index (χ2n) is 7.89. The van der Waals surface area contributed by atoms with Crippen LogP contribution in [0.3, 0.4) is 0 Å². The monoisotopic (exact) mass is 458 g/mol. The lowest BCUT2D eigenvalue weighted by atomic mass is 10.2. The highest BCUT2D eigenvalue weighted by molar-refractivity contribution is 8.26. The molecule has 9 heteroatoms. The smallest absolute Gasteiger partial charge is 0.267 e. The number of hydrogen-bond donors (Lipinski definition) is 1. The van der Waals surface area contributed by atoms with E-state index in [1.807, 2.05) is 32.9 Å². The predicted molar refractivity (Wildman–Crippen MR) is 128 cm³/mol. The number of amides is 1. The molecule has 2 aliphatic rings. The molecule has 4 heterocycles. The largest absolute Gasteiger partial charge is 0.376 e. The van der Waals surface area contributed by atoms with Gasteiger partial charge in [0.25, 0.3) is 11.5 Å². The summed E-state index contributed by atoms with van der Waals surface area (Å²) in [6, 6.07) is 3.74. The molecule has 0 saturated carbocycles. The van der Waals surface area contributed by atoms with Crippen LogP contribution < -0.4 is 10.9 Å². The zero-order valence-electron chi connectivity index (χ0n) is 17.9. The van der Waals surface area contributed by atoms with Crippen LogP contribution in [0.2, 0.25) is 0 Å². The molecule has 0 radical (unpaired) electrons. The summed E-state index contributed by atoms with van der Waals surface area (Å²) in [4.78, 5) is 33.2. The highest BCUT2D eigenvalue weighted by Gasteiger charge is 2.35. The van der Waals surface area contributed by atoms with Gasteiger partial charge in [-0.1, -0.05) is 37.0 Å². The quantitative estimate of drug-likeness (QED) is 0.524. The van der Waals surface area contributed by atoms with Gasteiger partial charge >= 0.3 is 0 Å². The number of carbonyl (C=O) groups excluding carboxylic acids is 1. The Hall–Kier alpha value is -2.23. The van der Waals surface area contributed by atoms with Crippen LogP contribution in [-0.2, 0) is 9.53 Å². The Labute approximate surface area is 190 Å². The standard InChI is InChI=1S/C22H26N4O3S2/c1-4-14(3)26-21(28)17(31-22(26)30)11-16-18(23-12-15-8-6-10-29-15)24-19-13(2)7-5-9-25(19)20(16)27/h5,7,9,11,14-15,23H,4,6,8,10,12H2,1-3H3/b17-11+/t14-,15-/m1/s1. The number of nitrogens with zero attached hydrogens (tertiary/aromatic N) is 3. The lowest BCUT2D eigenvalue weighted by Crippen LogP contribution is -2.36. The van der Waals surface area contributed by atoms with Crippen LogP contribution in [0.15, 0.2) is 28.0 Å². The minimum Gasteiger partial charge on any atom is -0.376 e. The van der Waals surface area contributed by atoms with Gasteiger partial charge in [0.1, 0.15) is 15.8 Å².